The molecule has 3 heteroatoms. The van der Waals surface area contributed by atoms with E-state index in [-0.39, 0.29) is 6.10 Å². The highest BCUT2D eigenvalue weighted by Crippen LogP contribution is 2.20. The molecule has 0 aliphatic rings. The molecule has 15 heavy (non-hydrogen) atoms. The van der Waals surface area contributed by atoms with Gasteiger partial charge in [0.05, 0.1) is 6.61 Å². The van der Waals surface area contributed by atoms with Crippen molar-refractivity contribution in [3.63, 3.8) is 0 Å². The van der Waals surface area contributed by atoms with Crippen LogP contribution < -0.4 is 10.5 Å². The van der Waals surface area contributed by atoms with Crippen LogP contribution in [0.1, 0.15) is 18.1 Å². The van der Waals surface area contributed by atoms with Crippen molar-refractivity contribution >= 4 is 0 Å². The fourth-order valence-corrected chi connectivity index (χ4v) is 1.38. The summed E-state index contributed by atoms with van der Waals surface area (Å²) in [4.78, 5) is 0. The third kappa shape index (κ3) is 3.53. The Kier molecular flexibility index (Phi) is 4.59. The molecule has 0 fully saturated rings. The summed E-state index contributed by atoms with van der Waals surface area (Å²) < 4.78 is 10.8. The zero-order valence-electron chi connectivity index (χ0n) is 9.62. The second kappa shape index (κ2) is 5.73. The lowest BCUT2D eigenvalue weighted by atomic mass is 10.1. The van der Waals surface area contributed by atoms with E-state index in [1.165, 1.54) is 0 Å². The lowest BCUT2D eigenvalue weighted by Gasteiger charge is -2.16. The monoisotopic (exact) mass is 209 g/mol. The van der Waals surface area contributed by atoms with Crippen LogP contribution in [0.4, 0.5) is 0 Å². The van der Waals surface area contributed by atoms with E-state index in [0.29, 0.717) is 13.2 Å². The van der Waals surface area contributed by atoms with Crippen LogP contribution in [0.15, 0.2) is 18.2 Å². The zero-order chi connectivity index (χ0) is 11.3. The molecule has 2 N–H and O–H groups in total. The summed E-state index contributed by atoms with van der Waals surface area (Å²) in [7, 11) is 1.67. The Hall–Kier alpha value is -1.06. The van der Waals surface area contributed by atoms with Gasteiger partial charge in [0, 0.05) is 13.7 Å². The van der Waals surface area contributed by atoms with E-state index in [1.807, 2.05) is 32.0 Å². The van der Waals surface area contributed by atoms with Crippen molar-refractivity contribution in [3.05, 3.63) is 29.3 Å². The first-order chi connectivity index (χ1) is 7.17. The Labute approximate surface area is 91.2 Å². The summed E-state index contributed by atoms with van der Waals surface area (Å²) in [6.45, 7) is 5.13. The molecule has 3 nitrogen and oxygen atoms in total. The van der Waals surface area contributed by atoms with Crippen LogP contribution in [0.25, 0.3) is 0 Å². The average molecular weight is 209 g/mol. The van der Waals surface area contributed by atoms with E-state index in [1.54, 1.807) is 7.11 Å². The Balaban J connectivity index is 2.74. The Morgan fingerprint density at radius 3 is 2.73 bits per heavy atom. The lowest BCUT2D eigenvalue weighted by molar-refractivity contribution is 0.0916. The Morgan fingerprint density at radius 1 is 1.40 bits per heavy atom. The summed E-state index contributed by atoms with van der Waals surface area (Å²) in [5.41, 5.74) is 7.78. The highest BCUT2D eigenvalue weighted by atomic mass is 16.5. The third-order valence-electron chi connectivity index (χ3n) is 2.22. The van der Waals surface area contributed by atoms with Gasteiger partial charge >= 0.3 is 0 Å². The number of aryl methyl sites for hydroxylation is 1. The molecule has 1 aromatic carbocycles. The van der Waals surface area contributed by atoms with E-state index in [9.17, 15) is 0 Å². The van der Waals surface area contributed by atoms with Gasteiger partial charge < -0.3 is 15.2 Å². The fraction of sp³-hybridized carbons (Fsp3) is 0.500. The standard InChI is InChI=1S/C12H19NO2/c1-9-4-5-11(7-13)6-12(9)15-10(2)8-14-3/h4-6,10H,7-8,13H2,1-3H3. The molecule has 1 rings (SSSR count). The van der Waals surface area contributed by atoms with Gasteiger partial charge in [-0.2, -0.15) is 0 Å². The van der Waals surface area contributed by atoms with Crippen molar-refractivity contribution in [1.29, 1.82) is 0 Å². The number of methoxy groups -OCH3 is 1. The van der Waals surface area contributed by atoms with Gasteiger partial charge in [-0.25, -0.2) is 0 Å². The Morgan fingerprint density at radius 2 is 2.13 bits per heavy atom. The quantitative estimate of drug-likeness (QED) is 0.805. The summed E-state index contributed by atoms with van der Waals surface area (Å²) >= 11 is 0. The normalized spacial score (nSPS) is 12.5. The second-order valence-electron chi connectivity index (χ2n) is 3.69. The van der Waals surface area contributed by atoms with Gasteiger partial charge in [0.1, 0.15) is 11.9 Å². The first-order valence-electron chi connectivity index (χ1n) is 5.12. The second-order valence-corrected chi connectivity index (χ2v) is 3.69. The summed E-state index contributed by atoms with van der Waals surface area (Å²) in [6.07, 6.45) is 0.0572. The SMILES string of the molecule is COCC(C)Oc1cc(CN)ccc1C. The van der Waals surface area contributed by atoms with Crippen molar-refractivity contribution < 1.29 is 9.47 Å². The largest absolute Gasteiger partial charge is 0.488 e. The van der Waals surface area contributed by atoms with E-state index in [2.05, 4.69) is 0 Å². The molecule has 0 amide bonds. The highest BCUT2D eigenvalue weighted by Gasteiger charge is 2.06. The van der Waals surface area contributed by atoms with Crippen molar-refractivity contribution in [2.24, 2.45) is 5.73 Å². The van der Waals surface area contributed by atoms with Gasteiger partial charge in [0.25, 0.3) is 0 Å². The lowest BCUT2D eigenvalue weighted by Crippen LogP contribution is -2.18. The van der Waals surface area contributed by atoms with Gasteiger partial charge in [-0.3, -0.25) is 0 Å². The summed E-state index contributed by atoms with van der Waals surface area (Å²) in [5.74, 6) is 0.891. The number of nitrogens with two attached hydrogens (primary N) is 1. The minimum absolute atomic E-state index is 0.0572. The third-order valence-corrected chi connectivity index (χ3v) is 2.22. The molecule has 0 spiro atoms. The summed E-state index contributed by atoms with van der Waals surface area (Å²) in [6, 6.07) is 6.03. The van der Waals surface area contributed by atoms with Crippen molar-refractivity contribution in [1.82, 2.24) is 0 Å². The molecule has 0 radical (unpaired) electrons. The van der Waals surface area contributed by atoms with Gasteiger partial charge in [0.2, 0.25) is 0 Å². The molecule has 0 aliphatic carbocycles. The van der Waals surface area contributed by atoms with Crippen LogP contribution in [-0.2, 0) is 11.3 Å². The van der Waals surface area contributed by atoms with Crippen LogP contribution in [0, 0.1) is 6.92 Å². The molecule has 0 saturated carbocycles. The maximum atomic E-state index is 5.75. The summed E-state index contributed by atoms with van der Waals surface area (Å²) in [5, 5.41) is 0. The number of hydrogen-bond donors (Lipinski definition) is 1. The molecule has 0 saturated heterocycles. The van der Waals surface area contributed by atoms with Crippen molar-refractivity contribution in [3.8, 4) is 5.75 Å². The fourth-order valence-electron chi connectivity index (χ4n) is 1.38. The molecule has 0 bridgehead atoms. The van der Waals surface area contributed by atoms with Crippen molar-refractivity contribution in [2.75, 3.05) is 13.7 Å². The molecule has 1 unspecified atom stereocenters. The van der Waals surface area contributed by atoms with Crippen LogP contribution in [0.3, 0.4) is 0 Å². The molecule has 0 aromatic heterocycles. The topological polar surface area (TPSA) is 44.5 Å². The maximum Gasteiger partial charge on any atom is 0.123 e. The van der Waals surface area contributed by atoms with E-state index in [4.69, 9.17) is 15.2 Å². The minimum Gasteiger partial charge on any atom is -0.488 e. The minimum atomic E-state index is 0.0572. The van der Waals surface area contributed by atoms with Crippen LogP contribution in [-0.4, -0.2) is 19.8 Å². The van der Waals surface area contributed by atoms with Gasteiger partial charge in [0.15, 0.2) is 0 Å². The van der Waals surface area contributed by atoms with E-state index >= 15 is 0 Å². The molecule has 84 valence electrons. The number of hydrogen-bond acceptors (Lipinski definition) is 3. The number of rotatable bonds is 5. The molecular weight excluding hydrogens is 190 g/mol. The van der Waals surface area contributed by atoms with Gasteiger partial charge in [-0.15, -0.1) is 0 Å². The maximum absolute atomic E-state index is 5.75. The first-order valence-corrected chi connectivity index (χ1v) is 5.12. The zero-order valence-corrected chi connectivity index (χ0v) is 9.62. The molecule has 1 aromatic rings. The number of benzene rings is 1. The van der Waals surface area contributed by atoms with Crippen molar-refractivity contribution in [2.45, 2.75) is 26.5 Å². The van der Waals surface area contributed by atoms with Crippen LogP contribution in [0.5, 0.6) is 5.75 Å². The van der Waals surface area contributed by atoms with Gasteiger partial charge in [-0.1, -0.05) is 12.1 Å². The van der Waals surface area contributed by atoms with Gasteiger partial charge in [-0.05, 0) is 31.0 Å². The molecular formula is C12H19NO2. The number of ether oxygens (including phenoxy) is 2. The van der Waals surface area contributed by atoms with Crippen LogP contribution in [0.2, 0.25) is 0 Å². The Bertz CT molecular complexity index is 312. The predicted molar refractivity (Wildman–Crippen MR) is 61.0 cm³/mol. The predicted octanol–water partition coefficient (Wildman–Crippen LogP) is 1.87. The highest BCUT2D eigenvalue weighted by molar-refractivity contribution is 5.36. The van der Waals surface area contributed by atoms with Crippen LogP contribution >= 0.6 is 0 Å². The molecule has 1 atom stereocenters. The average Bonchev–Trinajstić information content (AvgIpc) is 2.21. The molecule has 0 aliphatic heterocycles. The molecule has 0 heterocycles. The first kappa shape index (κ1) is 12.0. The van der Waals surface area contributed by atoms with E-state index in [0.717, 1.165) is 16.9 Å². The smallest absolute Gasteiger partial charge is 0.123 e. The van der Waals surface area contributed by atoms with E-state index < -0.39 is 0 Å².